The van der Waals surface area contributed by atoms with Gasteiger partial charge < -0.3 is 5.32 Å². The van der Waals surface area contributed by atoms with Crippen molar-refractivity contribution in [3.05, 3.63) is 0 Å². The molecule has 1 saturated carbocycles. The first kappa shape index (κ1) is 16.8. The molecule has 0 atom stereocenters. The lowest BCUT2D eigenvalue weighted by Crippen LogP contribution is -2.45. The maximum atomic E-state index is 11.6. The fourth-order valence-electron chi connectivity index (χ4n) is 2.16. The van der Waals surface area contributed by atoms with Crippen LogP contribution >= 0.6 is 27.5 Å². The van der Waals surface area contributed by atoms with Crippen molar-refractivity contribution in [3.8, 4) is 0 Å². The van der Waals surface area contributed by atoms with Gasteiger partial charge in [0, 0.05) is 23.2 Å². The fourth-order valence-corrected chi connectivity index (χ4v) is 2.81. The third-order valence-corrected chi connectivity index (χ3v) is 4.28. The number of amides is 3. The number of nitrogens with one attached hydrogen (secondary N) is 2. The SMILES string of the molecule is O=C(CCCCCBr)NC(=O)NC1CCC(Cl)CC1. The highest BCUT2D eigenvalue weighted by molar-refractivity contribution is 9.09. The molecule has 4 nitrogen and oxygen atoms in total. The molecule has 1 aliphatic carbocycles. The minimum Gasteiger partial charge on any atom is -0.335 e. The first-order valence-electron chi connectivity index (χ1n) is 6.92. The molecule has 0 bridgehead atoms. The Bertz CT molecular complexity index is 294. The number of carbonyl (C=O) groups is 2. The van der Waals surface area contributed by atoms with Crippen LogP contribution in [0.25, 0.3) is 0 Å². The number of unbranched alkanes of at least 4 members (excludes halogenated alkanes) is 2. The van der Waals surface area contributed by atoms with Gasteiger partial charge in [0.15, 0.2) is 0 Å². The normalized spacial score (nSPS) is 22.8. The summed E-state index contributed by atoms with van der Waals surface area (Å²) in [4.78, 5) is 23.1. The zero-order chi connectivity index (χ0) is 14.1. The van der Waals surface area contributed by atoms with Crippen LogP contribution in [0, 0.1) is 0 Å². The zero-order valence-electron chi connectivity index (χ0n) is 11.1. The van der Waals surface area contributed by atoms with E-state index in [-0.39, 0.29) is 23.4 Å². The van der Waals surface area contributed by atoms with E-state index in [2.05, 4.69) is 26.6 Å². The lowest BCUT2D eigenvalue weighted by molar-refractivity contribution is -0.120. The minimum absolute atomic E-state index is 0.149. The van der Waals surface area contributed by atoms with Crippen LogP contribution in [-0.4, -0.2) is 28.7 Å². The minimum atomic E-state index is -0.372. The smallest absolute Gasteiger partial charge is 0.321 e. The fraction of sp³-hybridized carbons (Fsp3) is 0.846. The van der Waals surface area contributed by atoms with Crippen LogP contribution in [0.2, 0.25) is 0 Å². The Morgan fingerprint density at radius 2 is 1.79 bits per heavy atom. The number of hydrogen-bond acceptors (Lipinski definition) is 2. The van der Waals surface area contributed by atoms with E-state index < -0.39 is 0 Å². The second kappa shape index (κ2) is 9.59. The van der Waals surface area contributed by atoms with Crippen molar-refractivity contribution in [3.63, 3.8) is 0 Å². The summed E-state index contributed by atoms with van der Waals surface area (Å²) in [5, 5.41) is 6.41. The maximum Gasteiger partial charge on any atom is 0.321 e. The van der Waals surface area contributed by atoms with Crippen molar-refractivity contribution in [2.45, 2.75) is 62.8 Å². The first-order chi connectivity index (χ1) is 9.11. The molecule has 1 rings (SSSR count). The van der Waals surface area contributed by atoms with Crippen molar-refractivity contribution < 1.29 is 9.59 Å². The summed E-state index contributed by atoms with van der Waals surface area (Å²) in [5.41, 5.74) is 0. The largest absolute Gasteiger partial charge is 0.335 e. The van der Waals surface area contributed by atoms with Gasteiger partial charge in [-0.25, -0.2) is 4.79 Å². The zero-order valence-corrected chi connectivity index (χ0v) is 13.4. The standard InChI is InChI=1S/C13H22BrClN2O2/c14-9-3-1-2-4-12(18)17-13(19)16-11-7-5-10(15)6-8-11/h10-11H,1-9H2,(H2,16,17,18,19). The summed E-state index contributed by atoms with van der Waals surface area (Å²) >= 11 is 9.34. The Kier molecular flexibility index (Phi) is 8.46. The predicted octanol–water partition coefficient (Wildman–Crippen LogP) is 3.32. The Labute approximate surface area is 128 Å². The van der Waals surface area contributed by atoms with Crippen LogP contribution < -0.4 is 10.6 Å². The van der Waals surface area contributed by atoms with Crippen molar-refractivity contribution in [2.75, 3.05) is 5.33 Å². The van der Waals surface area contributed by atoms with E-state index in [0.29, 0.717) is 6.42 Å². The number of rotatable bonds is 6. The lowest BCUT2D eigenvalue weighted by Gasteiger charge is -2.25. The molecule has 2 N–H and O–H groups in total. The molecule has 0 aromatic carbocycles. The number of carbonyl (C=O) groups excluding carboxylic acids is 2. The Hall–Kier alpha value is -0.290. The summed E-state index contributed by atoms with van der Waals surface area (Å²) in [6.45, 7) is 0. The van der Waals surface area contributed by atoms with Gasteiger partial charge in [0.25, 0.3) is 0 Å². The topological polar surface area (TPSA) is 58.2 Å². The van der Waals surface area contributed by atoms with Gasteiger partial charge >= 0.3 is 6.03 Å². The van der Waals surface area contributed by atoms with Gasteiger partial charge in [0.2, 0.25) is 5.91 Å². The molecule has 1 aliphatic rings. The first-order valence-corrected chi connectivity index (χ1v) is 8.48. The number of hydrogen-bond donors (Lipinski definition) is 2. The van der Waals surface area contributed by atoms with Crippen LogP contribution in [0.4, 0.5) is 4.79 Å². The maximum absolute atomic E-state index is 11.6. The molecular formula is C13H22BrClN2O2. The highest BCUT2D eigenvalue weighted by atomic mass is 79.9. The summed E-state index contributed by atoms with van der Waals surface area (Å²) in [6, 6.07) is -0.222. The van der Waals surface area contributed by atoms with E-state index in [1.165, 1.54) is 0 Å². The van der Waals surface area contributed by atoms with Gasteiger partial charge in [-0.2, -0.15) is 0 Å². The van der Waals surface area contributed by atoms with E-state index >= 15 is 0 Å². The number of alkyl halides is 2. The molecule has 0 heterocycles. The quantitative estimate of drug-likeness (QED) is 0.568. The Morgan fingerprint density at radius 3 is 2.42 bits per heavy atom. The van der Waals surface area contributed by atoms with E-state index in [1.54, 1.807) is 0 Å². The molecule has 0 aromatic heterocycles. The van der Waals surface area contributed by atoms with Crippen LogP contribution in [0.15, 0.2) is 0 Å². The number of urea groups is 1. The van der Waals surface area contributed by atoms with Gasteiger partial charge in [0.1, 0.15) is 0 Å². The summed E-state index contributed by atoms with van der Waals surface area (Å²) < 4.78 is 0. The molecule has 0 aromatic rings. The third kappa shape index (κ3) is 7.78. The molecule has 3 amide bonds. The number of imide groups is 1. The van der Waals surface area contributed by atoms with Gasteiger partial charge in [-0.3, -0.25) is 10.1 Å². The van der Waals surface area contributed by atoms with Gasteiger partial charge in [-0.1, -0.05) is 22.4 Å². The van der Waals surface area contributed by atoms with E-state index in [1.807, 2.05) is 0 Å². The molecule has 0 radical (unpaired) electrons. The summed E-state index contributed by atoms with van der Waals surface area (Å²) in [7, 11) is 0. The molecule has 19 heavy (non-hydrogen) atoms. The summed E-state index contributed by atoms with van der Waals surface area (Å²) in [6.07, 6.45) is 6.92. The second-order valence-corrected chi connectivity index (χ2v) is 6.38. The van der Waals surface area contributed by atoms with E-state index in [0.717, 1.165) is 50.3 Å². The second-order valence-electron chi connectivity index (χ2n) is 4.97. The molecule has 6 heteroatoms. The van der Waals surface area contributed by atoms with Crippen LogP contribution in [0.1, 0.15) is 51.4 Å². The van der Waals surface area contributed by atoms with Gasteiger partial charge in [-0.15, -0.1) is 11.6 Å². The average molecular weight is 354 g/mol. The van der Waals surface area contributed by atoms with Crippen molar-refractivity contribution in [1.29, 1.82) is 0 Å². The van der Waals surface area contributed by atoms with Gasteiger partial charge in [0.05, 0.1) is 0 Å². The molecule has 0 spiro atoms. The van der Waals surface area contributed by atoms with Crippen molar-refractivity contribution >= 4 is 39.5 Å². The number of halogens is 2. The molecule has 0 aliphatic heterocycles. The van der Waals surface area contributed by atoms with E-state index in [9.17, 15) is 9.59 Å². The van der Waals surface area contributed by atoms with Crippen molar-refractivity contribution in [1.82, 2.24) is 10.6 Å². The summed E-state index contributed by atoms with van der Waals surface area (Å²) in [5.74, 6) is -0.196. The van der Waals surface area contributed by atoms with Crippen LogP contribution in [0.5, 0.6) is 0 Å². The van der Waals surface area contributed by atoms with Crippen molar-refractivity contribution in [2.24, 2.45) is 0 Å². The van der Waals surface area contributed by atoms with Gasteiger partial charge in [-0.05, 0) is 38.5 Å². The lowest BCUT2D eigenvalue weighted by atomic mass is 9.95. The highest BCUT2D eigenvalue weighted by Gasteiger charge is 2.21. The third-order valence-electron chi connectivity index (χ3n) is 3.28. The molecule has 110 valence electrons. The molecule has 0 saturated heterocycles. The molecular weight excluding hydrogens is 332 g/mol. The molecule has 0 unspecified atom stereocenters. The van der Waals surface area contributed by atoms with E-state index in [4.69, 9.17) is 11.6 Å². The highest BCUT2D eigenvalue weighted by Crippen LogP contribution is 2.22. The van der Waals surface area contributed by atoms with Crippen LogP contribution in [-0.2, 0) is 4.79 Å². The van der Waals surface area contributed by atoms with Crippen LogP contribution in [0.3, 0.4) is 0 Å². The average Bonchev–Trinajstić information content (AvgIpc) is 2.37. The monoisotopic (exact) mass is 352 g/mol. The Morgan fingerprint density at radius 1 is 1.11 bits per heavy atom. The Balaban J connectivity index is 2.11. The molecule has 1 fully saturated rings. The predicted molar refractivity (Wildman–Crippen MR) is 80.8 cm³/mol.